The van der Waals surface area contributed by atoms with Crippen molar-refractivity contribution in [3.05, 3.63) is 53.3 Å². The molecule has 2 aromatic heterocycles. The molecular formula is C17H15ClN6O. The smallest absolute Gasteiger partial charge is 0.229 e. The van der Waals surface area contributed by atoms with Crippen LogP contribution in [-0.4, -0.2) is 31.3 Å². The molecule has 126 valence electrons. The molecule has 0 saturated heterocycles. The predicted molar refractivity (Wildman–Crippen MR) is 93.0 cm³/mol. The Balaban J connectivity index is 1.34. The lowest BCUT2D eigenvalue weighted by atomic mass is 9.71. The van der Waals surface area contributed by atoms with E-state index in [0.717, 1.165) is 23.4 Å². The number of H-pyrrole nitrogens is 1. The molecule has 0 spiro atoms. The van der Waals surface area contributed by atoms with E-state index < -0.39 is 0 Å². The van der Waals surface area contributed by atoms with Crippen LogP contribution in [0.5, 0.6) is 0 Å². The van der Waals surface area contributed by atoms with Gasteiger partial charge in [0.15, 0.2) is 5.82 Å². The highest BCUT2D eigenvalue weighted by Crippen LogP contribution is 2.42. The summed E-state index contributed by atoms with van der Waals surface area (Å²) >= 11 is 5.91. The molecule has 1 amide bonds. The van der Waals surface area contributed by atoms with Crippen molar-refractivity contribution in [1.82, 2.24) is 25.4 Å². The zero-order valence-electron chi connectivity index (χ0n) is 13.2. The van der Waals surface area contributed by atoms with Crippen molar-refractivity contribution in [3.63, 3.8) is 0 Å². The van der Waals surface area contributed by atoms with Gasteiger partial charge in [-0.25, -0.2) is 0 Å². The highest BCUT2D eigenvalue weighted by molar-refractivity contribution is 6.30. The van der Waals surface area contributed by atoms with Crippen LogP contribution in [0.3, 0.4) is 0 Å². The Morgan fingerprint density at radius 3 is 2.64 bits per heavy atom. The van der Waals surface area contributed by atoms with E-state index in [2.05, 4.69) is 30.7 Å². The van der Waals surface area contributed by atoms with E-state index in [1.165, 1.54) is 5.56 Å². The Morgan fingerprint density at radius 2 is 1.92 bits per heavy atom. The number of benzene rings is 1. The van der Waals surface area contributed by atoms with Crippen LogP contribution >= 0.6 is 11.6 Å². The molecule has 2 heterocycles. The summed E-state index contributed by atoms with van der Waals surface area (Å²) in [5.74, 6) is 1.23. The number of halogens is 1. The maximum atomic E-state index is 12.3. The summed E-state index contributed by atoms with van der Waals surface area (Å²) in [6, 6.07) is 9.57. The van der Waals surface area contributed by atoms with Crippen molar-refractivity contribution in [3.8, 4) is 11.4 Å². The van der Waals surface area contributed by atoms with E-state index in [9.17, 15) is 4.79 Å². The molecule has 0 unspecified atom stereocenters. The summed E-state index contributed by atoms with van der Waals surface area (Å²) in [6.45, 7) is 0. The number of carbonyl (C=O) groups excluding carboxylic acids is 1. The van der Waals surface area contributed by atoms with Crippen LogP contribution in [0.1, 0.15) is 24.3 Å². The molecule has 3 aromatic rings. The minimum Gasteiger partial charge on any atom is -0.307 e. The fourth-order valence-corrected chi connectivity index (χ4v) is 3.06. The van der Waals surface area contributed by atoms with Gasteiger partial charge in [-0.05, 0) is 42.5 Å². The van der Waals surface area contributed by atoms with Gasteiger partial charge in [-0.15, -0.1) is 10.2 Å². The molecular weight excluding hydrogens is 340 g/mol. The average molecular weight is 355 g/mol. The third kappa shape index (κ3) is 3.36. The third-order valence-electron chi connectivity index (χ3n) is 4.44. The van der Waals surface area contributed by atoms with Crippen LogP contribution in [0, 0.1) is 5.92 Å². The molecule has 1 aliphatic rings. The number of hydrogen-bond acceptors (Lipinski definition) is 5. The lowest BCUT2D eigenvalue weighted by Gasteiger charge is -2.34. The fraction of sp³-hybridized carbons (Fsp3) is 0.235. The predicted octanol–water partition coefficient (Wildman–Crippen LogP) is 3.05. The summed E-state index contributed by atoms with van der Waals surface area (Å²) in [7, 11) is 0. The van der Waals surface area contributed by atoms with Gasteiger partial charge in [0.1, 0.15) is 0 Å². The second kappa shape index (κ2) is 6.60. The normalized spacial score (nSPS) is 19.2. The van der Waals surface area contributed by atoms with Crippen molar-refractivity contribution in [1.29, 1.82) is 0 Å². The van der Waals surface area contributed by atoms with Crippen LogP contribution in [0.15, 0.2) is 42.7 Å². The first-order valence-electron chi connectivity index (χ1n) is 7.95. The minimum atomic E-state index is -0.0410. The molecule has 4 rings (SSSR count). The molecule has 0 aliphatic heterocycles. The van der Waals surface area contributed by atoms with E-state index in [1.807, 2.05) is 24.3 Å². The monoisotopic (exact) mass is 354 g/mol. The zero-order valence-corrected chi connectivity index (χ0v) is 13.9. The highest BCUT2D eigenvalue weighted by atomic mass is 35.5. The number of anilines is 1. The first kappa shape index (κ1) is 15.7. The second-order valence-electron chi connectivity index (χ2n) is 6.06. The molecule has 8 heteroatoms. The van der Waals surface area contributed by atoms with Crippen LogP contribution in [0.25, 0.3) is 11.4 Å². The first-order valence-corrected chi connectivity index (χ1v) is 8.33. The second-order valence-corrected chi connectivity index (χ2v) is 6.50. The van der Waals surface area contributed by atoms with Crippen molar-refractivity contribution in [2.75, 3.05) is 5.32 Å². The number of aromatic amines is 1. The maximum Gasteiger partial charge on any atom is 0.229 e. The minimum absolute atomic E-state index is 0.0168. The van der Waals surface area contributed by atoms with Gasteiger partial charge in [-0.1, -0.05) is 23.7 Å². The molecule has 1 aromatic carbocycles. The number of rotatable bonds is 4. The van der Waals surface area contributed by atoms with Gasteiger partial charge in [0.05, 0.1) is 12.4 Å². The third-order valence-corrected chi connectivity index (χ3v) is 4.69. The SMILES string of the molecule is O=C(Nc1nnc(-c2ccnnc2)[nH]1)[C@H]1C[C@H](c2ccc(Cl)cc2)C1. The van der Waals surface area contributed by atoms with Gasteiger partial charge in [-0.3, -0.25) is 10.1 Å². The maximum absolute atomic E-state index is 12.3. The van der Waals surface area contributed by atoms with Crippen LogP contribution in [-0.2, 0) is 4.79 Å². The van der Waals surface area contributed by atoms with E-state index >= 15 is 0 Å². The van der Waals surface area contributed by atoms with Crippen molar-refractivity contribution >= 4 is 23.5 Å². The van der Waals surface area contributed by atoms with Crippen molar-refractivity contribution in [2.45, 2.75) is 18.8 Å². The Bertz CT molecular complexity index is 874. The molecule has 1 fully saturated rings. The number of nitrogens with one attached hydrogen (secondary N) is 2. The molecule has 2 N–H and O–H groups in total. The van der Waals surface area contributed by atoms with Crippen molar-refractivity contribution in [2.24, 2.45) is 5.92 Å². The quantitative estimate of drug-likeness (QED) is 0.750. The van der Waals surface area contributed by atoms with E-state index in [0.29, 0.717) is 17.7 Å². The summed E-state index contributed by atoms with van der Waals surface area (Å²) < 4.78 is 0. The number of hydrogen-bond donors (Lipinski definition) is 2. The van der Waals surface area contributed by atoms with Gasteiger partial charge >= 0.3 is 0 Å². The molecule has 1 saturated carbocycles. The Labute approximate surface area is 148 Å². The lowest BCUT2D eigenvalue weighted by molar-refractivity contribution is -0.122. The van der Waals surface area contributed by atoms with E-state index in [4.69, 9.17) is 11.6 Å². The fourth-order valence-electron chi connectivity index (χ4n) is 2.94. The van der Waals surface area contributed by atoms with E-state index in [1.54, 1.807) is 18.5 Å². The molecule has 0 radical (unpaired) electrons. The largest absolute Gasteiger partial charge is 0.307 e. The van der Waals surface area contributed by atoms with E-state index in [-0.39, 0.29) is 11.8 Å². The topological polar surface area (TPSA) is 96.5 Å². The summed E-state index contributed by atoms with van der Waals surface area (Å²) in [5, 5.41) is 19.0. The summed E-state index contributed by atoms with van der Waals surface area (Å²) in [5.41, 5.74) is 1.98. The molecule has 0 atom stereocenters. The van der Waals surface area contributed by atoms with Gasteiger partial charge < -0.3 is 4.98 Å². The van der Waals surface area contributed by atoms with Crippen LogP contribution < -0.4 is 5.32 Å². The lowest BCUT2D eigenvalue weighted by Crippen LogP contribution is -2.33. The van der Waals surface area contributed by atoms with Gasteiger partial charge in [0, 0.05) is 16.5 Å². The summed E-state index contributed by atoms with van der Waals surface area (Å²) in [4.78, 5) is 15.3. The first-order chi connectivity index (χ1) is 12.2. The van der Waals surface area contributed by atoms with Crippen LogP contribution in [0.4, 0.5) is 5.95 Å². The highest BCUT2D eigenvalue weighted by Gasteiger charge is 2.35. The van der Waals surface area contributed by atoms with Crippen molar-refractivity contribution < 1.29 is 4.79 Å². The van der Waals surface area contributed by atoms with Gasteiger partial charge in [0.25, 0.3) is 0 Å². The Hall–Kier alpha value is -2.80. The average Bonchev–Trinajstić information content (AvgIpc) is 3.04. The zero-order chi connectivity index (χ0) is 17.2. The number of amides is 1. The molecule has 1 aliphatic carbocycles. The van der Waals surface area contributed by atoms with Gasteiger partial charge in [-0.2, -0.15) is 10.2 Å². The molecule has 0 bridgehead atoms. The van der Waals surface area contributed by atoms with Crippen LogP contribution in [0.2, 0.25) is 5.02 Å². The Morgan fingerprint density at radius 1 is 1.12 bits per heavy atom. The number of carbonyl (C=O) groups is 1. The van der Waals surface area contributed by atoms with Gasteiger partial charge in [0.2, 0.25) is 11.9 Å². The number of aromatic nitrogens is 5. The number of nitrogens with zero attached hydrogens (tertiary/aromatic N) is 4. The summed E-state index contributed by atoms with van der Waals surface area (Å²) in [6.07, 6.45) is 4.79. The standard InChI is InChI=1S/C17H15ClN6O/c18-14-3-1-10(2-4-14)12-7-13(8-12)16(25)22-17-21-15(23-24-17)11-5-6-19-20-9-11/h1-6,9,12-13H,7-8H2,(H2,21,22,23,24,25)/t12-,13-. The molecule has 25 heavy (non-hydrogen) atoms. The molecule has 7 nitrogen and oxygen atoms in total. The Kier molecular flexibility index (Phi) is 4.15.